The second-order valence-electron chi connectivity index (χ2n) is 3.71. The molecule has 0 aromatic heterocycles. The van der Waals surface area contributed by atoms with Gasteiger partial charge in [0.2, 0.25) is 0 Å². The molecule has 0 unspecified atom stereocenters. The summed E-state index contributed by atoms with van der Waals surface area (Å²) >= 11 is 0. The molecule has 0 atom stereocenters. The first kappa shape index (κ1) is 15.0. The van der Waals surface area contributed by atoms with Crippen molar-refractivity contribution in [3.05, 3.63) is 59.7 Å². The first-order chi connectivity index (χ1) is 9.40. The van der Waals surface area contributed by atoms with E-state index >= 15 is 0 Å². The van der Waals surface area contributed by atoms with Crippen LogP contribution in [0.4, 0.5) is 0 Å². The Balaban J connectivity index is 0.000000217. The molecule has 0 fully saturated rings. The minimum atomic E-state index is -1.06. The lowest BCUT2D eigenvalue weighted by Gasteiger charge is -1.94. The first-order valence-corrected chi connectivity index (χ1v) is 5.45. The van der Waals surface area contributed by atoms with Crippen LogP contribution in [0.25, 0.3) is 0 Å². The van der Waals surface area contributed by atoms with Gasteiger partial charge in [-0.1, -0.05) is 6.07 Å². The summed E-state index contributed by atoms with van der Waals surface area (Å²) < 4.78 is 0. The van der Waals surface area contributed by atoms with E-state index in [-0.39, 0.29) is 22.6 Å². The maximum Gasteiger partial charge on any atom is 0.335 e. The predicted molar refractivity (Wildman–Crippen MR) is 70.1 cm³/mol. The van der Waals surface area contributed by atoms with Gasteiger partial charge in [0, 0.05) is 6.07 Å². The Morgan fingerprint density at radius 1 is 0.700 bits per heavy atom. The molecule has 0 aliphatic carbocycles. The summed E-state index contributed by atoms with van der Waals surface area (Å²) in [6.07, 6.45) is 0. The highest BCUT2D eigenvalue weighted by molar-refractivity contribution is 5.91. The molecular weight excluding hydrogens is 264 g/mol. The van der Waals surface area contributed by atoms with Crippen LogP contribution in [0.5, 0.6) is 11.5 Å². The van der Waals surface area contributed by atoms with E-state index in [0.29, 0.717) is 0 Å². The second-order valence-corrected chi connectivity index (χ2v) is 3.71. The minimum absolute atomic E-state index is 0.0833. The first-order valence-electron chi connectivity index (χ1n) is 5.45. The van der Waals surface area contributed by atoms with Crippen LogP contribution < -0.4 is 0 Å². The van der Waals surface area contributed by atoms with E-state index < -0.39 is 11.9 Å². The summed E-state index contributed by atoms with van der Waals surface area (Å²) in [6.45, 7) is 0. The number of phenols is 2. The van der Waals surface area contributed by atoms with Crippen molar-refractivity contribution in [2.75, 3.05) is 0 Å². The maximum atomic E-state index is 10.3. The Hall–Kier alpha value is -3.02. The quantitative estimate of drug-likeness (QED) is 0.668. The zero-order valence-corrected chi connectivity index (χ0v) is 10.2. The summed E-state index contributed by atoms with van der Waals surface area (Å²) in [4.78, 5) is 20.7. The average Bonchev–Trinajstić information content (AvgIpc) is 2.39. The zero-order valence-electron chi connectivity index (χ0n) is 10.2. The third-order valence-electron chi connectivity index (χ3n) is 2.21. The van der Waals surface area contributed by atoms with E-state index in [1.165, 1.54) is 42.5 Å². The fourth-order valence-electron chi connectivity index (χ4n) is 1.25. The van der Waals surface area contributed by atoms with E-state index in [9.17, 15) is 9.59 Å². The second kappa shape index (κ2) is 6.79. The molecule has 2 aromatic rings. The van der Waals surface area contributed by atoms with E-state index in [4.69, 9.17) is 20.4 Å². The fourth-order valence-corrected chi connectivity index (χ4v) is 1.25. The Labute approximate surface area is 114 Å². The van der Waals surface area contributed by atoms with Gasteiger partial charge >= 0.3 is 11.9 Å². The van der Waals surface area contributed by atoms with Crippen molar-refractivity contribution in [3.8, 4) is 11.5 Å². The number of phenolic OH excluding ortho intramolecular Hbond substituents is 2. The molecule has 104 valence electrons. The third-order valence-corrected chi connectivity index (χ3v) is 2.21. The monoisotopic (exact) mass is 276 g/mol. The lowest BCUT2D eigenvalue weighted by Crippen LogP contribution is -1.99. The fraction of sp³-hybridized carbons (Fsp3) is 0. The molecule has 0 aliphatic rings. The largest absolute Gasteiger partial charge is 0.508 e. The Morgan fingerprint density at radius 3 is 1.25 bits per heavy atom. The van der Waals surface area contributed by atoms with Crippen LogP contribution >= 0.6 is 0 Å². The van der Waals surface area contributed by atoms with Crippen molar-refractivity contribution in [1.82, 2.24) is 0 Å². The van der Waals surface area contributed by atoms with Gasteiger partial charge < -0.3 is 20.4 Å². The number of carboxylic acids is 2. The summed E-state index contributed by atoms with van der Waals surface area (Å²) in [5.74, 6) is -1.95. The Kier molecular flexibility index (Phi) is 5.11. The van der Waals surface area contributed by atoms with Gasteiger partial charge in [0.15, 0.2) is 0 Å². The molecule has 20 heavy (non-hydrogen) atoms. The van der Waals surface area contributed by atoms with E-state index in [1.54, 1.807) is 6.07 Å². The Bertz CT molecular complexity index is 553. The van der Waals surface area contributed by atoms with Gasteiger partial charge in [-0.3, -0.25) is 0 Å². The van der Waals surface area contributed by atoms with Crippen LogP contribution in [0.15, 0.2) is 48.5 Å². The molecule has 2 rings (SSSR count). The number of benzene rings is 2. The number of aromatic hydroxyl groups is 2. The van der Waals surface area contributed by atoms with Crippen molar-refractivity contribution < 1.29 is 30.0 Å². The summed E-state index contributed by atoms with van der Waals surface area (Å²) in [5.41, 5.74) is 0.167. The van der Waals surface area contributed by atoms with Crippen molar-refractivity contribution in [2.24, 2.45) is 0 Å². The molecule has 0 radical (unpaired) electrons. The van der Waals surface area contributed by atoms with Gasteiger partial charge in [0.25, 0.3) is 0 Å². The topological polar surface area (TPSA) is 115 Å². The molecule has 0 amide bonds. The number of hydrogen-bond acceptors (Lipinski definition) is 4. The van der Waals surface area contributed by atoms with E-state index in [2.05, 4.69) is 0 Å². The van der Waals surface area contributed by atoms with Gasteiger partial charge in [0.1, 0.15) is 11.5 Å². The Morgan fingerprint density at radius 2 is 1.05 bits per heavy atom. The molecule has 0 spiro atoms. The van der Waals surface area contributed by atoms with Gasteiger partial charge in [-0.05, 0) is 36.4 Å². The van der Waals surface area contributed by atoms with Crippen LogP contribution in [0.3, 0.4) is 0 Å². The van der Waals surface area contributed by atoms with Gasteiger partial charge in [-0.15, -0.1) is 0 Å². The number of rotatable bonds is 2. The van der Waals surface area contributed by atoms with Gasteiger partial charge in [0.05, 0.1) is 11.1 Å². The summed E-state index contributed by atoms with van der Waals surface area (Å²) in [6, 6.07) is 10.9. The lowest BCUT2D eigenvalue weighted by atomic mass is 10.1. The number of carboxylic acid groups (broad SMARTS) is 2. The number of aromatic carboxylic acids is 2. The van der Waals surface area contributed by atoms with Crippen LogP contribution in [0.2, 0.25) is 0 Å². The van der Waals surface area contributed by atoms with Crippen LogP contribution in [-0.2, 0) is 0 Å². The van der Waals surface area contributed by atoms with Gasteiger partial charge in [-0.2, -0.15) is 0 Å². The number of hydrogen-bond donors (Lipinski definition) is 4. The number of carbonyl (C=O) groups is 2. The normalized spacial score (nSPS) is 9.20. The molecule has 4 N–H and O–H groups in total. The van der Waals surface area contributed by atoms with Crippen LogP contribution in [0, 0.1) is 0 Å². The SMILES string of the molecule is O=C(O)c1ccc(C(=O)O)cc1.Oc1cccc(O)c1. The highest BCUT2D eigenvalue weighted by Crippen LogP contribution is 2.14. The predicted octanol–water partition coefficient (Wildman–Crippen LogP) is 2.18. The zero-order chi connectivity index (χ0) is 15.1. The van der Waals surface area contributed by atoms with Crippen LogP contribution in [-0.4, -0.2) is 32.4 Å². The molecule has 0 heterocycles. The summed E-state index contributed by atoms with van der Waals surface area (Å²) in [7, 11) is 0. The lowest BCUT2D eigenvalue weighted by molar-refractivity contribution is 0.0681. The molecule has 6 nitrogen and oxygen atoms in total. The van der Waals surface area contributed by atoms with Gasteiger partial charge in [-0.25, -0.2) is 9.59 Å². The van der Waals surface area contributed by atoms with Crippen molar-refractivity contribution >= 4 is 11.9 Å². The third kappa shape index (κ3) is 4.69. The highest BCUT2D eigenvalue weighted by Gasteiger charge is 2.04. The van der Waals surface area contributed by atoms with Crippen molar-refractivity contribution in [1.29, 1.82) is 0 Å². The van der Waals surface area contributed by atoms with Crippen molar-refractivity contribution in [3.63, 3.8) is 0 Å². The molecule has 0 aliphatic heterocycles. The maximum absolute atomic E-state index is 10.3. The van der Waals surface area contributed by atoms with Crippen molar-refractivity contribution in [2.45, 2.75) is 0 Å². The molecular formula is C14H12O6. The highest BCUT2D eigenvalue weighted by atomic mass is 16.4. The molecule has 6 heteroatoms. The summed E-state index contributed by atoms with van der Waals surface area (Å²) in [5, 5.41) is 34.2. The molecule has 2 aromatic carbocycles. The molecule has 0 saturated carbocycles. The average molecular weight is 276 g/mol. The molecule has 0 bridgehead atoms. The van der Waals surface area contributed by atoms with Crippen LogP contribution in [0.1, 0.15) is 20.7 Å². The standard InChI is InChI=1S/C8H6O4.C6H6O2/c9-7(10)5-1-2-6(4-3-5)8(11)12;7-5-2-1-3-6(8)4-5/h1-4H,(H,9,10)(H,11,12);1-4,7-8H. The smallest absolute Gasteiger partial charge is 0.335 e. The molecule has 0 saturated heterocycles. The minimum Gasteiger partial charge on any atom is -0.508 e. The van der Waals surface area contributed by atoms with E-state index in [1.807, 2.05) is 0 Å². The van der Waals surface area contributed by atoms with E-state index in [0.717, 1.165) is 0 Å².